The molecule has 1 aliphatic heterocycles. The molecule has 0 aromatic heterocycles. The number of esters is 1. The second kappa shape index (κ2) is 11.9. The molecule has 0 unspecified atom stereocenters. The minimum Gasteiger partial charge on any atom is -0.508 e. The van der Waals surface area contributed by atoms with Crippen LogP contribution in [-0.4, -0.2) is 50.3 Å². The Morgan fingerprint density at radius 1 is 1.15 bits per heavy atom. The molecule has 1 heterocycles. The third-order valence-electron chi connectivity index (χ3n) is 6.74. The van der Waals surface area contributed by atoms with Gasteiger partial charge >= 0.3 is 11.9 Å². The minimum absolute atomic E-state index is 0.0351. The van der Waals surface area contributed by atoms with E-state index in [9.17, 15) is 29.4 Å². The number of aliphatic carboxylic acids is 1. The number of nitrogens with zero attached hydrogens (tertiary/aromatic N) is 1. The Bertz CT molecular complexity index is 1350. The van der Waals surface area contributed by atoms with E-state index in [-0.39, 0.29) is 28.3 Å². The van der Waals surface area contributed by atoms with Gasteiger partial charge < -0.3 is 19.8 Å². The van der Waals surface area contributed by atoms with Crippen molar-refractivity contribution < 1.29 is 34.1 Å². The summed E-state index contributed by atoms with van der Waals surface area (Å²) < 4.78 is 5.13. The van der Waals surface area contributed by atoms with Crippen LogP contribution in [0.15, 0.2) is 82.2 Å². The monoisotopic (exact) mass is 553 g/mol. The van der Waals surface area contributed by atoms with Crippen LogP contribution in [-0.2, 0) is 30.3 Å². The van der Waals surface area contributed by atoms with Crippen molar-refractivity contribution in [3.8, 4) is 5.75 Å². The van der Waals surface area contributed by atoms with Gasteiger partial charge in [-0.3, -0.25) is 14.4 Å². The van der Waals surface area contributed by atoms with E-state index >= 15 is 0 Å². The minimum atomic E-state index is -2.17. The lowest BCUT2D eigenvalue weighted by Gasteiger charge is -2.37. The molecule has 206 valence electrons. The third kappa shape index (κ3) is 6.40. The standard InChI is InChI=1S/C30H32ClNO7/c1-6-17(2)13-18(3)7-10-21-15-23-24(27(35)30(5,39-19(4)33)28(36)26(23)31)16-32(21)25(29(37)38)14-20-8-11-22(34)12-9-20/h7-13,15-17,25,34H,6,14H2,1-5H3,(H,37,38)/b10-7+,18-13+/t17-,25-,30+/m0/s1. The number of phenols is 1. The second-order valence-corrected chi connectivity index (χ2v) is 10.3. The summed E-state index contributed by atoms with van der Waals surface area (Å²) in [5.74, 6) is -3.26. The smallest absolute Gasteiger partial charge is 0.327 e. The Morgan fingerprint density at radius 2 is 1.79 bits per heavy atom. The summed E-state index contributed by atoms with van der Waals surface area (Å²) in [7, 11) is 0. The van der Waals surface area contributed by atoms with E-state index in [2.05, 4.69) is 19.9 Å². The van der Waals surface area contributed by atoms with E-state index in [1.54, 1.807) is 18.2 Å². The van der Waals surface area contributed by atoms with E-state index in [1.807, 2.05) is 13.0 Å². The van der Waals surface area contributed by atoms with Gasteiger partial charge in [-0.25, -0.2) is 4.79 Å². The van der Waals surface area contributed by atoms with Crippen LogP contribution in [0.2, 0.25) is 0 Å². The Kier molecular flexibility index (Phi) is 9.02. The zero-order valence-corrected chi connectivity index (χ0v) is 23.3. The highest BCUT2D eigenvalue weighted by Crippen LogP contribution is 2.40. The molecule has 0 spiro atoms. The SMILES string of the molecule is CC[C@H](C)/C=C(C)/C=C/C1=CC2=C(Cl)C(=O)[C@](C)(OC(C)=O)C(=O)C2=CN1[C@@H](Cc1ccc(O)cc1)C(=O)O. The first-order valence-electron chi connectivity index (χ1n) is 12.6. The number of ether oxygens (including phenoxy) is 1. The Morgan fingerprint density at radius 3 is 2.36 bits per heavy atom. The lowest BCUT2D eigenvalue weighted by molar-refractivity contribution is -0.167. The summed E-state index contributed by atoms with van der Waals surface area (Å²) >= 11 is 6.43. The molecule has 1 aromatic rings. The number of hydrogen-bond acceptors (Lipinski definition) is 7. The molecule has 0 radical (unpaired) electrons. The fraction of sp³-hybridized carbons (Fsp3) is 0.333. The number of halogens is 1. The molecule has 3 rings (SSSR count). The summed E-state index contributed by atoms with van der Waals surface area (Å²) in [6, 6.07) is 4.99. The molecule has 0 bridgehead atoms. The molecule has 0 amide bonds. The number of carboxylic acids is 1. The number of carboxylic acid groups (broad SMARTS) is 1. The number of rotatable bonds is 9. The van der Waals surface area contributed by atoms with Gasteiger partial charge in [-0.15, -0.1) is 0 Å². The molecule has 3 atom stereocenters. The number of aromatic hydroxyl groups is 1. The van der Waals surface area contributed by atoms with Crippen LogP contribution in [0.3, 0.4) is 0 Å². The van der Waals surface area contributed by atoms with Crippen molar-refractivity contribution in [2.24, 2.45) is 5.92 Å². The van der Waals surface area contributed by atoms with Gasteiger partial charge in [-0.2, -0.15) is 0 Å². The topological polar surface area (TPSA) is 121 Å². The summed E-state index contributed by atoms with van der Waals surface area (Å²) in [6.45, 7) is 8.34. The lowest BCUT2D eigenvalue weighted by Crippen LogP contribution is -2.52. The second-order valence-electron chi connectivity index (χ2n) is 9.89. The number of benzene rings is 1. The van der Waals surface area contributed by atoms with Gasteiger partial charge in [0.05, 0.1) is 5.03 Å². The quantitative estimate of drug-likeness (QED) is 0.249. The van der Waals surface area contributed by atoms with Gasteiger partial charge in [0.25, 0.3) is 0 Å². The maximum absolute atomic E-state index is 13.5. The molecule has 0 fully saturated rings. The maximum atomic E-state index is 13.5. The zero-order valence-electron chi connectivity index (χ0n) is 22.5. The molecule has 0 saturated carbocycles. The van der Waals surface area contributed by atoms with E-state index in [1.165, 1.54) is 36.2 Å². The number of Topliss-reactive ketones (excluding diaryl/α,β-unsaturated/α-hetero) is 2. The van der Waals surface area contributed by atoms with Crippen LogP contribution in [0.4, 0.5) is 0 Å². The highest BCUT2D eigenvalue weighted by atomic mass is 35.5. The van der Waals surface area contributed by atoms with Crippen molar-refractivity contribution in [1.29, 1.82) is 0 Å². The lowest BCUT2D eigenvalue weighted by atomic mass is 9.79. The molecule has 0 saturated heterocycles. The van der Waals surface area contributed by atoms with Crippen molar-refractivity contribution in [1.82, 2.24) is 4.90 Å². The molecule has 9 heteroatoms. The molecular formula is C30H32ClNO7. The van der Waals surface area contributed by atoms with Crippen molar-refractivity contribution in [2.75, 3.05) is 0 Å². The summed E-state index contributed by atoms with van der Waals surface area (Å²) in [5.41, 5.74) is -0.0931. The number of fused-ring (bicyclic) bond motifs is 1. The Balaban J connectivity index is 2.18. The van der Waals surface area contributed by atoms with Gasteiger partial charge in [0.15, 0.2) is 0 Å². The van der Waals surface area contributed by atoms with Crippen molar-refractivity contribution in [3.05, 3.63) is 87.8 Å². The van der Waals surface area contributed by atoms with Crippen LogP contribution in [0.5, 0.6) is 5.75 Å². The summed E-state index contributed by atoms with van der Waals surface area (Å²) in [5, 5.41) is 19.6. The van der Waals surface area contributed by atoms with Gasteiger partial charge in [-0.1, -0.05) is 61.7 Å². The number of hydrogen-bond donors (Lipinski definition) is 2. The molecule has 1 aliphatic carbocycles. The highest BCUT2D eigenvalue weighted by molar-refractivity contribution is 6.49. The number of carbonyl (C=O) groups excluding carboxylic acids is 3. The van der Waals surface area contributed by atoms with Crippen LogP contribution in [0, 0.1) is 5.92 Å². The number of phenolic OH excluding ortho intramolecular Hbond substituents is 1. The van der Waals surface area contributed by atoms with Crippen LogP contribution in [0.25, 0.3) is 0 Å². The predicted octanol–water partition coefficient (Wildman–Crippen LogP) is 4.99. The van der Waals surface area contributed by atoms with E-state index in [0.717, 1.165) is 18.9 Å². The van der Waals surface area contributed by atoms with Gasteiger partial charge in [0.2, 0.25) is 17.2 Å². The average Bonchev–Trinajstić information content (AvgIpc) is 2.88. The Labute approximate surface area is 232 Å². The van der Waals surface area contributed by atoms with E-state index < -0.39 is 35.1 Å². The number of carbonyl (C=O) groups is 4. The van der Waals surface area contributed by atoms with Crippen LogP contribution >= 0.6 is 11.6 Å². The first kappa shape index (κ1) is 29.6. The fourth-order valence-corrected chi connectivity index (χ4v) is 4.76. The highest BCUT2D eigenvalue weighted by Gasteiger charge is 2.52. The average molecular weight is 554 g/mol. The van der Waals surface area contributed by atoms with Gasteiger partial charge in [-0.05, 0) is 49.6 Å². The number of ketones is 2. The zero-order chi connectivity index (χ0) is 29.1. The predicted molar refractivity (Wildman–Crippen MR) is 147 cm³/mol. The molecule has 39 heavy (non-hydrogen) atoms. The Hall–Kier alpha value is -3.91. The molecular weight excluding hydrogens is 522 g/mol. The molecule has 1 aromatic carbocycles. The van der Waals surface area contributed by atoms with Crippen LogP contribution < -0.4 is 0 Å². The van der Waals surface area contributed by atoms with E-state index in [4.69, 9.17) is 16.3 Å². The first-order valence-corrected chi connectivity index (χ1v) is 12.9. The van der Waals surface area contributed by atoms with Gasteiger partial charge in [0, 0.05) is 36.4 Å². The van der Waals surface area contributed by atoms with Crippen molar-refractivity contribution in [2.45, 2.75) is 59.1 Å². The fourth-order valence-electron chi connectivity index (χ4n) is 4.42. The molecule has 2 aliphatic rings. The first-order chi connectivity index (χ1) is 18.3. The molecule has 2 N–H and O–H groups in total. The largest absolute Gasteiger partial charge is 0.508 e. The van der Waals surface area contributed by atoms with Crippen LogP contribution in [0.1, 0.15) is 46.6 Å². The van der Waals surface area contributed by atoms with Crippen molar-refractivity contribution >= 4 is 35.1 Å². The number of allylic oxidation sites excluding steroid dienone is 6. The van der Waals surface area contributed by atoms with Crippen molar-refractivity contribution in [3.63, 3.8) is 0 Å². The summed E-state index contributed by atoms with van der Waals surface area (Å²) in [4.78, 5) is 52.3. The third-order valence-corrected chi connectivity index (χ3v) is 7.11. The summed E-state index contributed by atoms with van der Waals surface area (Å²) in [6.07, 6.45) is 9.46. The normalized spacial score (nSPS) is 21.4. The molecule has 8 nitrogen and oxygen atoms in total. The van der Waals surface area contributed by atoms with Gasteiger partial charge in [0.1, 0.15) is 11.8 Å². The maximum Gasteiger partial charge on any atom is 0.327 e. The van der Waals surface area contributed by atoms with E-state index in [0.29, 0.717) is 17.2 Å².